The second-order valence-corrected chi connectivity index (χ2v) is 6.29. The van der Waals surface area contributed by atoms with Crippen LogP contribution in [0.4, 0.5) is 0 Å². The van der Waals surface area contributed by atoms with E-state index in [0.717, 1.165) is 4.90 Å². The molecule has 2 aromatic carbocycles. The van der Waals surface area contributed by atoms with Crippen molar-refractivity contribution in [3.05, 3.63) is 70.8 Å². The summed E-state index contributed by atoms with van der Waals surface area (Å²) < 4.78 is 9.94. The van der Waals surface area contributed by atoms with E-state index in [1.54, 1.807) is 48.5 Å². The van der Waals surface area contributed by atoms with Gasteiger partial charge >= 0.3 is 11.9 Å². The van der Waals surface area contributed by atoms with Crippen molar-refractivity contribution in [1.82, 2.24) is 4.90 Å². The highest BCUT2D eigenvalue weighted by Crippen LogP contribution is 2.24. The molecule has 136 valence electrons. The Kier molecular flexibility index (Phi) is 4.19. The number of hydrogen-bond donors (Lipinski definition) is 0. The lowest BCUT2D eigenvalue weighted by Gasteiger charge is -2.15. The second-order valence-electron chi connectivity index (χ2n) is 6.29. The largest absolute Gasteiger partial charge is 0.463 e. The van der Waals surface area contributed by atoms with Crippen molar-refractivity contribution in [3.63, 3.8) is 0 Å². The molecule has 4 rings (SSSR count). The molecule has 0 aromatic heterocycles. The number of esters is 2. The summed E-state index contributed by atoms with van der Waals surface area (Å²) in [4.78, 5) is 49.8. The van der Waals surface area contributed by atoms with E-state index >= 15 is 0 Å². The Bertz CT molecular complexity index is 931. The molecule has 2 aliphatic heterocycles. The summed E-state index contributed by atoms with van der Waals surface area (Å²) in [5, 5.41) is 0. The molecule has 1 saturated heterocycles. The quantitative estimate of drug-likeness (QED) is 0.608. The fourth-order valence-electron chi connectivity index (χ4n) is 3.14. The maximum Gasteiger partial charge on any atom is 0.347 e. The zero-order valence-corrected chi connectivity index (χ0v) is 14.2. The number of rotatable bonds is 4. The van der Waals surface area contributed by atoms with Gasteiger partial charge in [-0.3, -0.25) is 14.5 Å². The average molecular weight is 365 g/mol. The van der Waals surface area contributed by atoms with Gasteiger partial charge in [0.15, 0.2) is 0 Å². The molecule has 0 saturated carbocycles. The molecule has 0 radical (unpaired) electrons. The maximum absolute atomic E-state index is 12.5. The fraction of sp³-hybridized carbons (Fsp3) is 0.200. The van der Waals surface area contributed by atoms with Gasteiger partial charge in [0.2, 0.25) is 6.10 Å². The van der Waals surface area contributed by atoms with Crippen LogP contribution in [-0.4, -0.2) is 41.4 Å². The third-order valence-corrected chi connectivity index (χ3v) is 4.52. The molecule has 2 heterocycles. The Morgan fingerprint density at radius 3 is 2.37 bits per heavy atom. The first-order valence-electron chi connectivity index (χ1n) is 8.46. The molecule has 2 amide bonds. The number of imide groups is 1. The van der Waals surface area contributed by atoms with Gasteiger partial charge < -0.3 is 9.47 Å². The minimum atomic E-state index is -0.891. The molecule has 2 aromatic rings. The van der Waals surface area contributed by atoms with Crippen LogP contribution in [0.2, 0.25) is 0 Å². The summed E-state index contributed by atoms with van der Waals surface area (Å²) in [5.41, 5.74) is 1.59. The highest BCUT2D eigenvalue weighted by molar-refractivity contribution is 6.21. The number of fused-ring (bicyclic) bond motifs is 1. The van der Waals surface area contributed by atoms with Crippen molar-refractivity contribution in [3.8, 4) is 0 Å². The number of carbonyl (C=O) groups is 4. The van der Waals surface area contributed by atoms with Crippen molar-refractivity contribution in [1.29, 1.82) is 0 Å². The van der Waals surface area contributed by atoms with Crippen LogP contribution >= 0.6 is 0 Å². The van der Waals surface area contributed by atoms with Crippen molar-refractivity contribution >= 4 is 23.8 Å². The van der Waals surface area contributed by atoms with Crippen LogP contribution in [-0.2, 0) is 20.8 Å². The first-order chi connectivity index (χ1) is 13.0. The zero-order chi connectivity index (χ0) is 19.0. The molecule has 1 fully saturated rings. The first-order valence-corrected chi connectivity index (χ1v) is 8.46. The van der Waals surface area contributed by atoms with Crippen LogP contribution in [0, 0.1) is 0 Å². The normalized spacial score (nSPS) is 18.4. The monoisotopic (exact) mass is 365 g/mol. The van der Waals surface area contributed by atoms with Crippen molar-refractivity contribution in [2.24, 2.45) is 0 Å². The predicted octanol–water partition coefficient (Wildman–Crippen LogP) is 1.96. The topological polar surface area (TPSA) is 90.0 Å². The molecule has 0 N–H and O–H groups in total. The van der Waals surface area contributed by atoms with Gasteiger partial charge in [-0.25, -0.2) is 9.59 Å². The molecule has 7 heteroatoms. The molecule has 7 nitrogen and oxygen atoms in total. The molecule has 1 atom stereocenters. The number of nitrogens with zero attached hydrogens (tertiary/aromatic N) is 1. The minimum absolute atomic E-state index is 0.0406. The Hall–Kier alpha value is -3.48. The summed E-state index contributed by atoms with van der Waals surface area (Å²) in [6, 6.07) is 13.1. The van der Waals surface area contributed by atoms with E-state index in [-0.39, 0.29) is 30.5 Å². The SMILES string of the molecule is O=C(O[C@H]1CCOC1=O)c1cccc(CN2C(=O)c3ccccc3C2=O)c1. The van der Waals surface area contributed by atoms with Gasteiger partial charge in [0, 0.05) is 6.42 Å². The van der Waals surface area contributed by atoms with Crippen LogP contribution < -0.4 is 0 Å². The highest BCUT2D eigenvalue weighted by Gasteiger charge is 2.35. The highest BCUT2D eigenvalue weighted by atomic mass is 16.6. The van der Waals surface area contributed by atoms with Gasteiger partial charge in [-0.05, 0) is 29.8 Å². The van der Waals surface area contributed by atoms with Gasteiger partial charge in [0.1, 0.15) is 0 Å². The predicted molar refractivity (Wildman–Crippen MR) is 91.9 cm³/mol. The molecule has 0 spiro atoms. The van der Waals surface area contributed by atoms with E-state index in [1.165, 1.54) is 0 Å². The van der Waals surface area contributed by atoms with E-state index in [2.05, 4.69) is 0 Å². The van der Waals surface area contributed by atoms with Crippen LogP contribution in [0.3, 0.4) is 0 Å². The van der Waals surface area contributed by atoms with Gasteiger partial charge in [0.25, 0.3) is 11.8 Å². The second kappa shape index (κ2) is 6.68. The molecule has 2 aliphatic rings. The van der Waals surface area contributed by atoms with E-state index in [0.29, 0.717) is 23.1 Å². The lowest BCUT2D eigenvalue weighted by molar-refractivity contribution is -0.145. The number of hydrogen-bond acceptors (Lipinski definition) is 6. The molecular formula is C20H15NO6. The first kappa shape index (κ1) is 17.0. The van der Waals surface area contributed by atoms with Crippen LogP contribution in [0.5, 0.6) is 0 Å². The summed E-state index contributed by atoms with van der Waals surface area (Å²) in [7, 11) is 0. The Morgan fingerprint density at radius 2 is 1.74 bits per heavy atom. The molecule has 0 unspecified atom stereocenters. The van der Waals surface area contributed by atoms with Crippen molar-refractivity contribution in [2.45, 2.75) is 19.1 Å². The average Bonchev–Trinajstić information content (AvgIpc) is 3.19. The Morgan fingerprint density at radius 1 is 1.04 bits per heavy atom. The number of carbonyl (C=O) groups excluding carboxylic acids is 4. The molecule has 0 aliphatic carbocycles. The smallest absolute Gasteiger partial charge is 0.347 e. The molecule has 0 bridgehead atoms. The number of ether oxygens (including phenoxy) is 2. The minimum Gasteiger partial charge on any atom is -0.463 e. The van der Waals surface area contributed by atoms with Gasteiger partial charge in [0.05, 0.1) is 29.8 Å². The zero-order valence-electron chi connectivity index (χ0n) is 14.2. The van der Waals surface area contributed by atoms with E-state index in [9.17, 15) is 19.2 Å². The number of cyclic esters (lactones) is 1. The van der Waals surface area contributed by atoms with Crippen LogP contribution in [0.15, 0.2) is 48.5 Å². The summed E-state index contributed by atoms with van der Waals surface area (Å²) >= 11 is 0. The van der Waals surface area contributed by atoms with Gasteiger partial charge in [-0.1, -0.05) is 24.3 Å². The molecule has 27 heavy (non-hydrogen) atoms. The standard InChI is InChI=1S/C20H15NO6/c22-17-14-6-1-2-7-15(14)18(23)21(17)11-12-4-3-5-13(10-12)19(24)27-16-8-9-26-20(16)25/h1-7,10,16H,8-9,11H2/t16-/m0/s1. The van der Waals surface area contributed by atoms with Crippen molar-refractivity contribution < 1.29 is 28.7 Å². The molecular weight excluding hydrogens is 350 g/mol. The van der Waals surface area contributed by atoms with Gasteiger partial charge in [-0.2, -0.15) is 0 Å². The maximum atomic E-state index is 12.5. The Labute approximate surface area is 154 Å². The summed E-state index contributed by atoms with van der Waals surface area (Å²) in [6.45, 7) is 0.273. The number of benzene rings is 2. The third-order valence-electron chi connectivity index (χ3n) is 4.52. The lowest BCUT2D eigenvalue weighted by atomic mass is 10.1. The van der Waals surface area contributed by atoms with Gasteiger partial charge in [-0.15, -0.1) is 0 Å². The van der Waals surface area contributed by atoms with Crippen molar-refractivity contribution in [2.75, 3.05) is 6.61 Å². The van der Waals surface area contributed by atoms with Crippen LogP contribution in [0.25, 0.3) is 0 Å². The van der Waals surface area contributed by atoms with Crippen LogP contribution in [0.1, 0.15) is 43.1 Å². The third kappa shape index (κ3) is 3.08. The number of amides is 2. The fourth-order valence-corrected chi connectivity index (χ4v) is 3.14. The Balaban J connectivity index is 1.50. The lowest BCUT2D eigenvalue weighted by Crippen LogP contribution is -2.29. The van der Waals surface area contributed by atoms with E-state index in [4.69, 9.17) is 9.47 Å². The van der Waals surface area contributed by atoms with E-state index in [1.807, 2.05) is 0 Å². The van der Waals surface area contributed by atoms with E-state index < -0.39 is 18.0 Å². The summed E-state index contributed by atoms with van der Waals surface area (Å²) in [5.74, 6) is -1.93. The summed E-state index contributed by atoms with van der Waals surface area (Å²) in [6.07, 6.45) is -0.559.